The second-order valence-corrected chi connectivity index (χ2v) is 11.0. The van der Waals surface area contributed by atoms with E-state index in [2.05, 4.69) is 94.1 Å². The highest BCUT2D eigenvalue weighted by molar-refractivity contribution is 7.97. The van der Waals surface area contributed by atoms with Gasteiger partial charge in [0, 0.05) is 59.7 Å². The molecule has 0 radical (unpaired) electrons. The molecule has 8 heteroatoms. The van der Waals surface area contributed by atoms with Crippen molar-refractivity contribution in [3.8, 4) is 0 Å². The highest BCUT2D eigenvalue weighted by atomic mass is 32.2. The Hall–Kier alpha value is -2.65. The van der Waals surface area contributed by atoms with E-state index in [1.165, 1.54) is 16.0 Å². The van der Waals surface area contributed by atoms with E-state index >= 15 is 0 Å². The number of ether oxygens (including phenoxy) is 1. The average Bonchev–Trinajstić information content (AvgIpc) is 3.28. The molecule has 0 amide bonds. The first-order valence-electron chi connectivity index (χ1n) is 12.3. The Morgan fingerprint density at radius 2 is 1.83 bits per heavy atom. The van der Waals surface area contributed by atoms with Crippen molar-refractivity contribution in [3.63, 3.8) is 0 Å². The van der Waals surface area contributed by atoms with Crippen molar-refractivity contribution < 1.29 is 4.74 Å². The zero-order chi connectivity index (χ0) is 24.3. The summed E-state index contributed by atoms with van der Waals surface area (Å²) in [7, 11) is 0. The first-order chi connectivity index (χ1) is 16.9. The van der Waals surface area contributed by atoms with Crippen molar-refractivity contribution >= 4 is 35.1 Å². The van der Waals surface area contributed by atoms with Crippen molar-refractivity contribution in [1.29, 1.82) is 0 Å². The molecule has 0 atom stereocenters. The molecule has 1 fully saturated rings. The van der Waals surface area contributed by atoms with Gasteiger partial charge >= 0.3 is 0 Å². The van der Waals surface area contributed by atoms with E-state index in [-0.39, 0.29) is 5.54 Å². The average molecular weight is 491 g/mol. The Labute approximate surface area is 212 Å². The zero-order valence-corrected chi connectivity index (χ0v) is 21.6. The minimum absolute atomic E-state index is 0.0510. The molecule has 5 rings (SSSR count). The van der Waals surface area contributed by atoms with Crippen LogP contribution in [-0.2, 0) is 17.7 Å². The van der Waals surface area contributed by atoms with Crippen LogP contribution in [0.15, 0.2) is 59.6 Å². The second kappa shape index (κ2) is 10.5. The van der Waals surface area contributed by atoms with E-state index in [9.17, 15) is 0 Å². The quantitative estimate of drug-likeness (QED) is 0.441. The van der Waals surface area contributed by atoms with Gasteiger partial charge in [-0.25, -0.2) is 4.98 Å². The van der Waals surface area contributed by atoms with Crippen molar-refractivity contribution in [2.75, 3.05) is 43.1 Å². The molecule has 2 N–H and O–H groups in total. The van der Waals surface area contributed by atoms with Gasteiger partial charge < -0.3 is 15.0 Å². The SMILES string of the molecule is CC(C)(C)NSc1cccc(N2CCc3cnc(Nc4ccc(CN5CCOCC5)cc4)nc32)c1. The summed E-state index contributed by atoms with van der Waals surface area (Å²) in [6.07, 6.45) is 2.90. The number of nitrogens with zero attached hydrogens (tertiary/aromatic N) is 4. The van der Waals surface area contributed by atoms with Crippen LogP contribution in [0.1, 0.15) is 31.9 Å². The molecule has 0 saturated carbocycles. The number of anilines is 4. The lowest BCUT2D eigenvalue weighted by Crippen LogP contribution is -2.35. The van der Waals surface area contributed by atoms with Crippen LogP contribution >= 0.6 is 11.9 Å². The second-order valence-electron chi connectivity index (χ2n) is 10.1. The summed E-state index contributed by atoms with van der Waals surface area (Å²) in [5.41, 5.74) is 4.68. The third-order valence-electron chi connectivity index (χ3n) is 6.03. The van der Waals surface area contributed by atoms with Gasteiger partial charge in [-0.15, -0.1) is 0 Å². The Balaban J connectivity index is 1.27. The smallest absolute Gasteiger partial charge is 0.229 e. The molecule has 2 aliphatic heterocycles. The van der Waals surface area contributed by atoms with Crippen molar-refractivity contribution in [3.05, 3.63) is 65.9 Å². The van der Waals surface area contributed by atoms with Gasteiger partial charge in [0.2, 0.25) is 5.95 Å². The van der Waals surface area contributed by atoms with Crippen LogP contribution in [0.25, 0.3) is 0 Å². The molecule has 0 bridgehead atoms. The minimum atomic E-state index is 0.0510. The normalized spacial score (nSPS) is 16.4. The molecule has 35 heavy (non-hydrogen) atoms. The van der Waals surface area contributed by atoms with Crippen LogP contribution in [0.4, 0.5) is 23.1 Å². The number of hydrogen-bond donors (Lipinski definition) is 2. The predicted molar refractivity (Wildman–Crippen MR) is 144 cm³/mol. The number of morpholine rings is 1. The monoisotopic (exact) mass is 490 g/mol. The number of aromatic nitrogens is 2. The molecule has 1 saturated heterocycles. The van der Waals surface area contributed by atoms with Gasteiger partial charge in [0.05, 0.1) is 13.2 Å². The Morgan fingerprint density at radius 1 is 1.03 bits per heavy atom. The fourth-order valence-corrected chi connectivity index (χ4v) is 4.97. The van der Waals surface area contributed by atoms with Gasteiger partial charge in [-0.05, 0) is 75.0 Å². The molecule has 1 aromatic heterocycles. The van der Waals surface area contributed by atoms with E-state index in [0.717, 1.165) is 63.0 Å². The molecule has 3 aromatic rings. The summed E-state index contributed by atoms with van der Waals surface area (Å²) in [5.74, 6) is 1.61. The highest BCUT2D eigenvalue weighted by Gasteiger charge is 2.23. The van der Waals surface area contributed by atoms with Crippen LogP contribution in [0, 0.1) is 0 Å². The predicted octanol–water partition coefficient (Wildman–Crippen LogP) is 5.14. The number of hydrogen-bond acceptors (Lipinski definition) is 8. The van der Waals surface area contributed by atoms with E-state index in [1.807, 2.05) is 6.20 Å². The maximum atomic E-state index is 5.45. The lowest BCUT2D eigenvalue weighted by atomic mass is 10.1. The zero-order valence-electron chi connectivity index (χ0n) is 20.8. The first-order valence-corrected chi connectivity index (χ1v) is 13.1. The standard InChI is InChI=1S/C27H34N6OS/c1-27(2,3)31-35-24-6-4-5-23(17-24)33-12-11-21-18-28-26(30-25(21)33)29-22-9-7-20(8-10-22)19-32-13-15-34-16-14-32/h4-10,17-18,31H,11-16,19H2,1-3H3,(H,28,29,30). The fourth-order valence-electron chi connectivity index (χ4n) is 4.22. The molecule has 7 nitrogen and oxygen atoms in total. The maximum Gasteiger partial charge on any atom is 0.229 e. The van der Waals surface area contributed by atoms with Gasteiger partial charge in [-0.3, -0.25) is 9.62 Å². The summed E-state index contributed by atoms with van der Waals surface area (Å²) in [6, 6.07) is 17.2. The van der Waals surface area contributed by atoms with Crippen molar-refractivity contribution in [1.82, 2.24) is 19.6 Å². The topological polar surface area (TPSA) is 65.5 Å². The van der Waals surface area contributed by atoms with Crippen LogP contribution in [0.5, 0.6) is 0 Å². The molecule has 2 aliphatic rings. The van der Waals surface area contributed by atoms with E-state index in [0.29, 0.717) is 5.95 Å². The summed E-state index contributed by atoms with van der Waals surface area (Å²) in [5, 5.41) is 3.39. The number of benzene rings is 2. The molecule has 3 heterocycles. The van der Waals surface area contributed by atoms with Crippen molar-refractivity contribution in [2.45, 2.75) is 44.2 Å². The maximum absolute atomic E-state index is 5.45. The fraction of sp³-hybridized carbons (Fsp3) is 0.407. The third-order valence-corrected chi connectivity index (χ3v) is 7.23. The largest absolute Gasteiger partial charge is 0.379 e. The Bertz CT molecular complexity index is 1140. The summed E-state index contributed by atoms with van der Waals surface area (Å²) >= 11 is 1.67. The molecular formula is C27H34N6OS. The lowest BCUT2D eigenvalue weighted by molar-refractivity contribution is 0.0342. The van der Waals surface area contributed by atoms with E-state index < -0.39 is 0 Å². The highest BCUT2D eigenvalue weighted by Crippen LogP contribution is 2.35. The lowest BCUT2D eigenvalue weighted by Gasteiger charge is -2.26. The van der Waals surface area contributed by atoms with Crippen LogP contribution in [0.2, 0.25) is 0 Å². The van der Waals surface area contributed by atoms with Crippen LogP contribution in [-0.4, -0.2) is 53.3 Å². The van der Waals surface area contributed by atoms with Gasteiger partial charge in [0.15, 0.2) is 0 Å². The van der Waals surface area contributed by atoms with Gasteiger partial charge in [0.25, 0.3) is 0 Å². The number of nitrogens with one attached hydrogen (secondary N) is 2. The number of rotatable bonds is 7. The molecule has 184 valence electrons. The molecule has 0 aliphatic carbocycles. The van der Waals surface area contributed by atoms with Crippen LogP contribution in [0.3, 0.4) is 0 Å². The van der Waals surface area contributed by atoms with Gasteiger partial charge in [-0.1, -0.05) is 18.2 Å². The Morgan fingerprint density at radius 3 is 2.60 bits per heavy atom. The first kappa shape index (κ1) is 24.1. The van der Waals surface area contributed by atoms with E-state index in [4.69, 9.17) is 9.72 Å². The molecular weight excluding hydrogens is 456 g/mol. The molecule has 0 spiro atoms. The van der Waals surface area contributed by atoms with Crippen LogP contribution < -0.4 is 14.9 Å². The minimum Gasteiger partial charge on any atom is -0.379 e. The van der Waals surface area contributed by atoms with Crippen molar-refractivity contribution in [2.24, 2.45) is 0 Å². The number of fused-ring (bicyclic) bond motifs is 1. The molecule has 2 aromatic carbocycles. The van der Waals surface area contributed by atoms with E-state index in [1.54, 1.807) is 11.9 Å². The summed E-state index contributed by atoms with van der Waals surface area (Å²) < 4.78 is 8.94. The summed E-state index contributed by atoms with van der Waals surface area (Å²) in [4.78, 5) is 15.4. The molecule has 0 unspecified atom stereocenters. The third kappa shape index (κ3) is 6.32. The Kier molecular flexibility index (Phi) is 7.24. The van der Waals surface area contributed by atoms with Gasteiger partial charge in [0.1, 0.15) is 5.82 Å². The summed E-state index contributed by atoms with van der Waals surface area (Å²) in [6.45, 7) is 12.0. The van der Waals surface area contributed by atoms with Gasteiger partial charge in [-0.2, -0.15) is 4.98 Å².